The minimum atomic E-state index is -0.678. The maximum absolute atomic E-state index is 12.1. The van der Waals surface area contributed by atoms with E-state index in [2.05, 4.69) is 6.07 Å². The van der Waals surface area contributed by atoms with Crippen molar-refractivity contribution < 1.29 is 9.90 Å². The molecule has 1 heterocycles. The summed E-state index contributed by atoms with van der Waals surface area (Å²) in [4.78, 5) is 13.5. The van der Waals surface area contributed by atoms with Crippen molar-refractivity contribution in [3.8, 4) is 6.07 Å². The van der Waals surface area contributed by atoms with Crippen LogP contribution in [0.1, 0.15) is 28.9 Å². The Kier molecular flexibility index (Phi) is 3.05. The molecule has 0 bridgehead atoms. The molecule has 0 spiro atoms. The van der Waals surface area contributed by atoms with E-state index in [4.69, 9.17) is 16.9 Å². The molecular formula is C12H11ClN2O2. The van der Waals surface area contributed by atoms with E-state index in [1.165, 1.54) is 4.90 Å². The maximum Gasteiger partial charge on any atom is 0.257 e. The van der Waals surface area contributed by atoms with Gasteiger partial charge in [0.2, 0.25) is 0 Å². The summed E-state index contributed by atoms with van der Waals surface area (Å²) >= 11 is 5.97. The molecular weight excluding hydrogens is 240 g/mol. The van der Waals surface area contributed by atoms with Crippen LogP contribution in [0.4, 0.5) is 0 Å². The highest BCUT2D eigenvalue weighted by Gasteiger charge is 2.38. The highest BCUT2D eigenvalue weighted by Crippen LogP contribution is 2.36. The summed E-state index contributed by atoms with van der Waals surface area (Å²) in [5.41, 5.74) is 0.993. The number of aliphatic hydroxyl groups excluding tert-OH is 1. The number of aliphatic hydroxyl groups is 1. The number of nitriles is 1. The summed E-state index contributed by atoms with van der Waals surface area (Å²) in [7, 11) is 0. The summed E-state index contributed by atoms with van der Waals surface area (Å²) in [6.45, 7) is 1.70. The zero-order valence-corrected chi connectivity index (χ0v) is 9.98. The Bertz CT molecular complexity index is 508. The van der Waals surface area contributed by atoms with Crippen LogP contribution in [0.15, 0.2) is 18.2 Å². The van der Waals surface area contributed by atoms with Crippen LogP contribution in [0, 0.1) is 11.3 Å². The monoisotopic (exact) mass is 250 g/mol. The summed E-state index contributed by atoms with van der Waals surface area (Å²) in [6.07, 6.45) is -0.678. The SMILES string of the molecule is CC(O)CN1C(=O)c2c(Cl)cccc2C1C#N. The number of hydrogen-bond acceptors (Lipinski definition) is 3. The van der Waals surface area contributed by atoms with Gasteiger partial charge < -0.3 is 10.0 Å². The molecule has 1 aliphatic rings. The van der Waals surface area contributed by atoms with Crippen LogP contribution in [-0.4, -0.2) is 28.6 Å². The van der Waals surface area contributed by atoms with Crippen LogP contribution in [0.3, 0.4) is 0 Å². The zero-order valence-electron chi connectivity index (χ0n) is 9.22. The summed E-state index contributed by atoms with van der Waals surface area (Å²) in [5.74, 6) is -0.293. The van der Waals surface area contributed by atoms with E-state index in [9.17, 15) is 9.90 Å². The number of hydrogen-bond donors (Lipinski definition) is 1. The first-order valence-electron chi connectivity index (χ1n) is 5.23. The number of β-amino-alcohol motifs (C(OH)–C–C–N with tert-alkyl or cyclic N) is 1. The Morgan fingerprint density at radius 3 is 2.94 bits per heavy atom. The van der Waals surface area contributed by atoms with E-state index in [1.54, 1.807) is 25.1 Å². The molecule has 1 N–H and O–H groups in total. The Morgan fingerprint density at radius 1 is 1.65 bits per heavy atom. The van der Waals surface area contributed by atoms with Crippen molar-refractivity contribution in [2.75, 3.05) is 6.54 Å². The van der Waals surface area contributed by atoms with Gasteiger partial charge in [0, 0.05) is 12.1 Å². The number of carbonyl (C=O) groups is 1. The average molecular weight is 251 g/mol. The van der Waals surface area contributed by atoms with Gasteiger partial charge in [0.1, 0.15) is 6.04 Å². The molecule has 0 saturated carbocycles. The number of halogens is 1. The summed E-state index contributed by atoms with van der Waals surface area (Å²) < 4.78 is 0. The van der Waals surface area contributed by atoms with Crippen LogP contribution in [0.2, 0.25) is 5.02 Å². The molecule has 2 atom stereocenters. The van der Waals surface area contributed by atoms with Gasteiger partial charge in [-0.2, -0.15) is 5.26 Å². The number of nitrogens with zero attached hydrogens (tertiary/aromatic N) is 2. The quantitative estimate of drug-likeness (QED) is 0.870. The fourth-order valence-corrected chi connectivity index (χ4v) is 2.30. The second-order valence-electron chi connectivity index (χ2n) is 4.04. The van der Waals surface area contributed by atoms with Gasteiger partial charge in [-0.15, -0.1) is 0 Å². The molecule has 1 aliphatic heterocycles. The number of rotatable bonds is 2. The van der Waals surface area contributed by atoms with E-state index in [-0.39, 0.29) is 12.5 Å². The lowest BCUT2D eigenvalue weighted by Gasteiger charge is -2.21. The van der Waals surface area contributed by atoms with E-state index in [1.807, 2.05) is 0 Å². The van der Waals surface area contributed by atoms with Crippen molar-refractivity contribution in [3.05, 3.63) is 34.3 Å². The lowest BCUT2D eigenvalue weighted by atomic mass is 10.1. The number of benzene rings is 1. The molecule has 4 nitrogen and oxygen atoms in total. The lowest BCUT2D eigenvalue weighted by Crippen LogP contribution is -2.33. The van der Waals surface area contributed by atoms with E-state index >= 15 is 0 Å². The Morgan fingerprint density at radius 2 is 2.35 bits per heavy atom. The van der Waals surface area contributed by atoms with E-state index in [0.717, 1.165) is 0 Å². The molecule has 2 rings (SSSR count). The smallest absolute Gasteiger partial charge is 0.257 e. The molecule has 5 heteroatoms. The van der Waals surface area contributed by atoms with Gasteiger partial charge in [-0.25, -0.2) is 0 Å². The van der Waals surface area contributed by atoms with Crippen LogP contribution in [0.5, 0.6) is 0 Å². The Balaban J connectivity index is 2.48. The first-order valence-corrected chi connectivity index (χ1v) is 5.61. The van der Waals surface area contributed by atoms with Gasteiger partial charge in [-0.3, -0.25) is 4.79 Å². The fourth-order valence-electron chi connectivity index (χ4n) is 2.04. The van der Waals surface area contributed by atoms with Crippen LogP contribution >= 0.6 is 11.6 Å². The molecule has 1 aromatic rings. The van der Waals surface area contributed by atoms with Gasteiger partial charge >= 0.3 is 0 Å². The summed E-state index contributed by atoms with van der Waals surface area (Å²) in [6, 6.07) is 6.46. The van der Waals surface area contributed by atoms with Crippen molar-refractivity contribution in [3.63, 3.8) is 0 Å². The van der Waals surface area contributed by atoms with Gasteiger partial charge in [-0.05, 0) is 13.0 Å². The molecule has 0 fully saturated rings. The van der Waals surface area contributed by atoms with Gasteiger partial charge in [0.25, 0.3) is 5.91 Å². The Hall–Kier alpha value is -1.57. The van der Waals surface area contributed by atoms with Gasteiger partial charge in [-0.1, -0.05) is 23.7 Å². The third kappa shape index (κ3) is 1.88. The highest BCUT2D eigenvalue weighted by molar-refractivity contribution is 6.34. The van der Waals surface area contributed by atoms with Gasteiger partial charge in [0.15, 0.2) is 0 Å². The predicted molar refractivity (Wildman–Crippen MR) is 62.5 cm³/mol. The molecule has 2 unspecified atom stereocenters. The third-order valence-electron chi connectivity index (χ3n) is 2.71. The fraction of sp³-hybridized carbons (Fsp3) is 0.333. The standard InChI is InChI=1S/C12H11ClN2O2/c1-7(16)6-15-10(5-14)8-3-2-4-9(13)11(8)12(15)17/h2-4,7,10,16H,6H2,1H3. The molecule has 17 heavy (non-hydrogen) atoms. The minimum absolute atomic E-state index is 0.127. The Labute approximate surface area is 104 Å². The number of carbonyl (C=O) groups excluding carboxylic acids is 1. The van der Waals surface area contributed by atoms with Crippen molar-refractivity contribution in [2.45, 2.75) is 19.1 Å². The van der Waals surface area contributed by atoms with Crippen molar-refractivity contribution >= 4 is 17.5 Å². The second kappa shape index (κ2) is 4.36. The largest absolute Gasteiger partial charge is 0.392 e. The van der Waals surface area contributed by atoms with E-state index < -0.39 is 12.1 Å². The first kappa shape index (κ1) is 11.9. The lowest BCUT2D eigenvalue weighted by molar-refractivity contribution is 0.0641. The molecule has 0 saturated heterocycles. The minimum Gasteiger partial charge on any atom is -0.392 e. The third-order valence-corrected chi connectivity index (χ3v) is 3.03. The van der Waals surface area contributed by atoms with Crippen molar-refractivity contribution in [1.82, 2.24) is 4.90 Å². The normalized spacial score (nSPS) is 20.0. The molecule has 88 valence electrons. The van der Waals surface area contributed by atoms with E-state index in [0.29, 0.717) is 16.1 Å². The zero-order chi connectivity index (χ0) is 12.6. The topological polar surface area (TPSA) is 64.3 Å². The van der Waals surface area contributed by atoms with Crippen LogP contribution in [-0.2, 0) is 0 Å². The second-order valence-corrected chi connectivity index (χ2v) is 4.45. The molecule has 1 aromatic carbocycles. The predicted octanol–water partition coefficient (Wildman–Crippen LogP) is 1.74. The first-order chi connectivity index (χ1) is 8.06. The maximum atomic E-state index is 12.1. The van der Waals surface area contributed by atoms with Crippen molar-refractivity contribution in [1.29, 1.82) is 5.26 Å². The van der Waals surface area contributed by atoms with Crippen LogP contribution in [0.25, 0.3) is 0 Å². The molecule has 0 aliphatic carbocycles. The number of amides is 1. The molecule has 0 radical (unpaired) electrons. The summed E-state index contributed by atoms with van der Waals surface area (Å²) in [5, 5.41) is 18.8. The van der Waals surface area contributed by atoms with Crippen LogP contribution < -0.4 is 0 Å². The van der Waals surface area contributed by atoms with Crippen molar-refractivity contribution in [2.24, 2.45) is 0 Å². The number of fused-ring (bicyclic) bond motifs is 1. The highest BCUT2D eigenvalue weighted by atomic mass is 35.5. The molecule has 0 aromatic heterocycles. The van der Waals surface area contributed by atoms with Gasteiger partial charge in [0.05, 0.1) is 22.8 Å². The molecule has 1 amide bonds. The average Bonchev–Trinajstić information content (AvgIpc) is 2.53.